The fourth-order valence-electron chi connectivity index (χ4n) is 1.99. The average molecular weight is 254 g/mol. The largest absolute Gasteiger partial charge is 0.497 e. The monoisotopic (exact) mass is 254 g/mol. The third kappa shape index (κ3) is 2.66. The molecule has 102 valence electrons. The zero-order valence-corrected chi connectivity index (χ0v) is 11.6. The average Bonchev–Trinajstić information content (AvgIpc) is 2.41. The highest BCUT2D eigenvalue weighted by Gasteiger charge is 2.42. The second kappa shape index (κ2) is 6.18. The minimum Gasteiger partial charge on any atom is -0.497 e. The first kappa shape index (κ1) is 15.0. The maximum Gasteiger partial charge on any atom is 0.221 e. The Labute approximate surface area is 108 Å². The molecule has 1 N–H and O–H groups in total. The van der Waals surface area contributed by atoms with Crippen molar-refractivity contribution in [2.75, 3.05) is 21.3 Å². The van der Waals surface area contributed by atoms with E-state index in [0.717, 1.165) is 11.3 Å². The number of benzene rings is 1. The lowest BCUT2D eigenvalue weighted by Crippen LogP contribution is -2.46. The Bertz CT molecular complexity index is 355. The predicted molar refractivity (Wildman–Crippen MR) is 69.5 cm³/mol. The van der Waals surface area contributed by atoms with Gasteiger partial charge in [-0.15, -0.1) is 0 Å². The Balaban J connectivity index is 3.17. The van der Waals surface area contributed by atoms with Crippen LogP contribution >= 0.6 is 0 Å². The second-order valence-electron chi connectivity index (χ2n) is 4.49. The lowest BCUT2D eigenvalue weighted by atomic mass is 9.92. The van der Waals surface area contributed by atoms with Crippen molar-refractivity contribution in [2.24, 2.45) is 5.92 Å². The van der Waals surface area contributed by atoms with E-state index < -0.39 is 11.9 Å². The van der Waals surface area contributed by atoms with Gasteiger partial charge in [0, 0.05) is 19.8 Å². The SMILES string of the molecule is COc1ccc(C(OC)(OC)C(O)C(C)C)cc1. The van der Waals surface area contributed by atoms with Crippen molar-refractivity contribution in [3.63, 3.8) is 0 Å². The maximum absolute atomic E-state index is 10.3. The number of rotatable bonds is 6. The molecule has 0 bridgehead atoms. The summed E-state index contributed by atoms with van der Waals surface area (Å²) in [6.45, 7) is 3.84. The molecule has 0 aromatic heterocycles. The molecule has 1 atom stereocenters. The molecule has 0 amide bonds. The van der Waals surface area contributed by atoms with Crippen LogP contribution in [0.4, 0.5) is 0 Å². The summed E-state index contributed by atoms with van der Waals surface area (Å²) in [7, 11) is 4.66. The van der Waals surface area contributed by atoms with Crippen LogP contribution in [0.5, 0.6) is 5.75 Å². The van der Waals surface area contributed by atoms with E-state index in [1.54, 1.807) is 7.11 Å². The summed E-state index contributed by atoms with van der Waals surface area (Å²) in [5.41, 5.74) is 0.759. The van der Waals surface area contributed by atoms with Gasteiger partial charge in [0.15, 0.2) is 0 Å². The minimum atomic E-state index is -1.15. The van der Waals surface area contributed by atoms with E-state index >= 15 is 0 Å². The summed E-state index contributed by atoms with van der Waals surface area (Å²) in [4.78, 5) is 0. The van der Waals surface area contributed by atoms with Gasteiger partial charge in [0.2, 0.25) is 5.79 Å². The van der Waals surface area contributed by atoms with Crippen LogP contribution in [0.2, 0.25) is 0 Å². The third-order valence-electron chi connectivity index (χ3n) is 3.12. The van der Waals surface area contributed by atoms with Gasteiger partial charge < -0.3 is 19.3 Å². The van der Waals surface area contributed by atoms with Crippen LogP contribution in [0, 0.1) is 5.92 Å². The molecule has 1 aromatic rings. The van der Waals surface area contributed by atoms with Crippen LogP contribution in [0.1, 0.15) is 19.4 Å². The molecule has 0 radical (unpaired) electrons. The second-order valence-corrected chi connectivity index (χ2v) is 4.49. The number of hydrogen-bond donors (Lipinski definition) is 1. The number of methoxy groups -OCH3 is 3. The highest BCUT2D eigenvalue weighted by Crippen LogP contribution is 2.34. The lowest BCUT2D eigenvalue weighted by molar-refractivity contribution is -0.277. The molecule has 0 spiro atoms. The fourth-order valence-corrected chi connectivity index (χ4v) is 1.99. The van der Waals surface area contributed by atoms with E-state index in [1.165, 1.54) is 14.2 Å². The molecule has 0 heterocycles. The standard InChI is InChI=1S/C14H22O4/c1-10(2)13(15)14(17-4,18-5)11-6-8-12(16-3)9-7-11/h6-10,13,15H,1-5H3. The quantitative estimate of drug-likeness (QED) is 0.790. The van der Waals surface area contributed by atoms with E-state index in [0.29, 0.717) is 0 Å². The molecule has 0 aliphatic rings. The Morgan fingerprint density at radius 3 is 1.83 bits per heavy atom. The van der Waals surface area contributed by atoms with Gasteiger partial charge in [0.1, 0.15) is 11.9 Å². The van der Waals surface area contributed by atoms with Crippen LogP contribution in [-0.2, 0) is 15.3 Å². The molecule has 0 fully saturated rings. The molecule has 4 heteroatoms. The van der Waals surface area contributed by atoms with Gasteiger partial charge in [-0.1, -0.05) is 13.8 Å². The van der Waals surface area contributed by atoms with E-state index in [-0.39, 0.29) is 5.92 Å². The summed E-state index contributed by atoms with van der Waals surface area (Å²) in [5, 5.41) is 10.3. The minimum absolute atomic E-state index is 0.00648. The molecule has 1 aromatic carbocycles. The molecule has 18 heavy (non-hydrogen) atoms. The van der Waals surface area contributed by atoms with Crippen molar-refractivity contribution in [3.05, 3.63) is 29.8 Å². The molecule has 1 rings (SSSR count). The molecular weight excluding hydrogens is 232 g/mol. The van der Waals surface area contributed by atoms with Crippen molar-refractivity contribution in [3.8, 4) is 5.75 Å². The van der Waals surface area contributed by atoms with Crippen molar-refractivity contribution < 1.29 is 19.3 Å². The normalized spacial score (nSPS) is 13.7. The van der Waals surface area contributed by atoms with Crippen LogP contribution in [0.3, 0.4) is 0 Å². The fraction of sp³-hybridized carbons (Fsp3) is 0.571. The van der Waals surface area contributed by atoms with E-state index in [4.69, 9.17) is 14.2 Å². The Morgan fingerprint density at radius 2 is 1.50 bits per heavy atom. The van der Waals surface area contributed by atoms with Crippen LogP contribution in [0.15, 0.2) is 24.3 Å². The highest BCUT2D eigenvalue weighted by molar-refractivity contribution is 5.30. The summed E-state index contributed by atoms with van der Waals surface area (Å²) < 4.78 is 16.0. The van der Waals surface area contributed by atoms with Crippen molar-refractivity contribution in [2.45, 2.75) is 25.7 Å². The summed E-state index contributed by atoms with van der Waals surface area (Å²) >= 11 is 0. The van der Waals surface area contributed by atoms with Crippen molar-refractivity contribution in [1.82, 2.24) is 0 Å². The Kier molecular flexibility index (Phi) is 5.14. The first-order valence-electron chi connectivity index (χ1n) is 5.94. The highest BCUT2D eigenvalue weighted by atomic mass is 16.7. The molecule has 4 nitrogen and oxygen atoms in total. The smallest absolute Gasteiger partial charge is 0.221 e. The molecule has 1 unspecified atom stereocenters. The maximum atomic E-state index is 10.3. The topological polar surface area (TPSA) is 47.9 Å². The molecule has 0 aliphatic carbocycles. The Morgan fingerprint density at radius 1 is 1.00 bits per heavy atom. The van der Waals surface area contributed by atoms with Gasteiger partial charge in [0.05, 0.1) is 7.11 Å². The Hall–Kier alpha value is -1.10. The third-order valence-corrected chi connectivity index (χ3v) is 3.12. The molecule has 0 aliphatic heterocycles. The van der Waals surface area contributed by atoms with Gasteiger partial charge in [-0.05, 0) is 30.2 Å². The molecular formula is C14H22O4. The van der Waals surface area contributed by atoms with Gasteiger partial charge in [-0.3, -0.25) is 0 Å². The number of hydrogen-bond acceptors (Lipinski definition) is 4. The van der Waals surface area contributed by atoms with Crippen molar-refractivity contribution in [1.29, 1.82) is 0 Å². The van der Waals surface area contributed by atoms with Gasteiger partial charge >= 0.3 is 0 Å². The van der Waals surface area contributed by atoms with E-state index in [1.807, 2.05) is 38.1 Å². The number of aliphatic hydroxyl groups excluding tert-OH is 1. The van der Waals surface area contributed by atoms with Gasteiger partial charge in [-0.25, -0.2) is 0 Å². The van der Waals surface area contributed by atoms with E-state index in [2.05, 4.69) is 0 Å². The predicted octanol–water partition coefficient (Wildman–Crippen LogP) is 2.16. The number of aliphatic hydroxyl groups is 1. The van der Waals surface area contributed by atoms with Crippen molar-refractivity contribution >= 4 is 0 Å². The van der Waals surface area contributed by atoms with Gasteiger partial charge in [0.25, 0.3) is 0 Å². The first-order chi connectivity index (χ1) is 8.51. The first-order valence-corrected chi connectivity index (χ1v) is 5.94. The summed E-state index contributed by atoms with van der Waals surface area (Å²) in [6, 6.07) is 7.29. The van der Waals surface area contributed by atoms with Crippen LogP contribution in [0.25, 0.3) is 0 Å². The summed E-state index contributed by atoms with van der Waals surface area (Å²) in [6.07, 6.45) is -0.763. The zero-order chi connectivity index (χ0) is 13.8. The lowest BCUT2D eigenvalue weighted by Gasteiger charge is -2.37. The number of ether oxygens (including phenoxy) is 3. The van der Waals surface area contributed by atoms with E-state index in [9.17, 15) is 5.11 Å². The summed E-state index contributed by atoms with van der Waals surface area (Å²) in [5.74, 6) is -0.397. The van der Waals surface area contributed by atoms with Crippen LogP contribution < -0.4 is 4.74 Å². The molecule has 0 saturated heterocycles. The van der Waals surface area contributed by atoms with Crippen LogP contribution in [-0.4, -0.2) is 32.5 Å². The van der Waals surface area contributed by atoms with Gasteiger partial charge in [-0.2, -0.15) is 0 Å². The zero-order valence-electron chi connectivity index (χ0n) is 11.6. The molecule has 0 saturated carbocycles.